The van der Waals surface area contributed by atoms with E-state index >= 15 is 0 Å². The maximum absolute atomic E-state index is 11.8. The molecule has 5 nitrogen and oxygen atoms in total. The van der Waals surface area contributed by atoms with Gasteiger partial charge in [0.15, 0.2) is 0 Å². The number of nitrogens with two attached hydrogens (primary N) is 1. The number of ether oxygens (including phenoxy) is 1. The molecule has 1 fully saturated rings. The highest BCUT2D eigenvalue weighted by molar-refractivity contribution is 5.81. The summed E-state index contributed by atoms with van der Waals surface area (Å²) in [5.74, 6) is 0.0846. The van der Waals surface area contributed by atoms with E-state index in [1.54, 1.807) is 7.11 Å². The first-order valence-electron chi connectivity index (χ1n) is 6.42. The second-order valence-corrected chi connectivity index (χ2v) is 4.75. The van der Waals surface area contributed by atoms with Crippen LogP contribution in [0, 0.1) is 0 Å². The van der Waals surface area contributed by atoms with E-state index in [9.17, 15) is 4.79 Å². The molecule has 0 aromatic heterocycles. The van der Waals surface area contributed by atoms with E-state index in [1.807, 2.05) is 6.92 Å². The highest BCUT2D eigenvalue weighted by atomic mass is 16.5. The van der Waals surface area contributed by atoms with Crippen LogP contribution in [0.5, 0.6) is 0 Å². The van der Waals surface area contributed by atoms with Crippen molar-refractivity contribution in [1.29, 1.82) is 0 Å². The fourth-order valence-electron chi connectivity index (χ4n) is 1.76. The van der Waals surface area contributed by atoms with Crippen molar-refractivity contribution in [3.63, 3.8) is 0 Å². The molecule has 4 N–H and O–H groups in total. The van der Waals surface area contributed by atoms with Crippen molar-refractivity contribution in [2.75, 3.05) is 20.3 Å². The first kappa shape index (κ1) is 14.4. The lowest BCUT2D eigenvalue weighted by Gasteiger charge is -2.22. The van der Waals surface area contributed by atoms with Gasteiger partial charge in [0.25, 0.3) is 0 Å². The van der Waals surface area contributed by atoms with Gasteiger partial charge in [-0.05, 0) is 39.2 Å². The van der Waals surface area contributed by atoms with Gasteiger partial charge in [-0.2, -0.15) is 0 Å². The number of rotatable bonds is 9. The van der Waals surface area contributed by atoms with Crippen LogP contribution in [0.2, 0.25) is 0 Å². The maximum atomic E-state index is 11.8. The molecule has 100 valence electrons. The van der Waals surface area contributed by atoms with E-state index in [2.05, 4.69) is 10.6 Å². The molecule has 0 bridgehead atoms. The van der Waals surface area contributed by atoms with E-state index in [4.69, 9.17) is 10.5 Å². The van der Waals surface area contributed by atoms with Crippen LogP contribution in [-0.4, -0.2) is 44.3 Å². The van der Waals surface area contributed by atoms with Crippen LogP contribution in [0.1, 0.15) is 32.6 Å². The lowest BCUT2D eigenvalue weighted by atomic mass is 10.1. The molecule has 0 aromatic carbocycles. The SMILES string of the molecule is COCC(CCCN)NC(C)C(=O)NC1CC1. The molecular formula is C12H25N3O2. The Morgan fingerprint density at radius 2 is 2.24 bits per heavy atom. The fourth-order valence-corrected chi connectivity index (χ4v) is 1.76. The minimum absolute atomic E-state index is 0.0846. The molecule has 1 aliphatic rings. The van der Waals surface area contributed by atoms with Gasteiger partial charge in [0.2, 0.25) is 5.91 Å². The van der Waals surface area contributed by atoms with E-state index in [-0.39, 0.29) is 18.0 Å². The van der Waals surface area contributed by atoms with Crippen LogP contribution >= 0.6 is 0 Å². The van der Waals surface area contributed by atoms with Gasteiger partial charge in [-0.25, -0.2) is 0 Å². The van der Waals surface area contributed by atoms with Gasteiger partial charge in [-0.3, -0.25) is 4.79 Å². The Hall–Kier alpha value is -0.650. The van der Waals surface area contributed by atoms with E-state index in [1.165, 1.54) is 0 Å². The molecule has 0 saturated heterocycles. The number of amides is 1. The minimum atomic E-state index is -0.173. The molecule has 17 heavy (non-hydrogen) atoms. The van der Waals surface area contributed by atoms with Crippen molar-refractivity contribution in [1.82, 2.24) is 10.6 Å². The largest absolute Gasteiger partial charge is 0.383 e. The van der Waals surface area contributed by atoms with Gasteiger partial charge in [0.1, 0.15) is 0 Å². The van der Waals surface area contributed by atoms with Gasteiger partial charge in [-0.15, -0.1) is 0 Å². The average molecular weight is 243 g/mol. The molecule has 1 saturated carbocycles. The standard InChI is InChI=1S/C12H25N3O2/c1-9(12(16)15-10-5-6-10)14-11(8-17-2)4-3-7-13/h9-11,14H,3-8,13H2,1-2H3,(H,15,16). The highest BCUT2D eigenvalue weighted by Gasteiger charge is 2.26. The lowest BCUT2D eigenvalue weighted by Crippen LogP contribution is -2.48. The predicted molar refractivity (Wildman–Crippen MR) is 67.7 cm³/mol. The number of carbonyl (C=O) groups is 1. The first-order valence-corrected chi connectivity index (χ1v) is 6.42. The molecule has 0 radical (unpaired) electrons. The molecule has 1 rings (SSSR count). The first-order chi connectivity index (χ1) is 8.17. The van der Waals surface area contributed by atoms with Crippen LogP contribution in [0.25, 0.3) is 0 Å². The minimum Gasteiger partial charge on any atom is -0.383 e. The zero-order valence-electron chi connectivity index (χ0n) is 10.9. The second kappa shape index (κ2) is 7.63. The smallest absolute Gasteiger partial charge is 0.237 e. The molecule has 0 aromatic rings. The van der Waals surface area contributed by atoms with Crippen LogP contribution in [-0.2, 0) is 9.53 Å². The molecule has 0 aliphatic heterocycles. The third kappa shape index (κ3) is 6.00. The number of nitrogens with one attached hydrogen (secondary N) is 2. The van der Waals surface area contributed by atoms with Crippen LogP contribution < -0.4 is 16.4 Å². The average Bonchev–Trinajstić information content (AvgIpc) is 3.09. The van der Waals surface area contributed by atoms with Crippen molar-refractivity contribution in [2.24, 2.45) is 5.73 Å². The molecule has 1 aliphatic carbocycles. The monoisotopic (exact) mass is 243 g/mol. The summed E-state index contributed by atoms with van der Waals surface area (Å²) in [4.78, 5) is 11.8. The summed E-state index contributed by atoms with van der Waals surface area (Å²) < 4.78 is 5.14. The fraction of sp³-hybridized carbons (Fsp3) is 0.917. The van der Waals surface area contributed by atoms with Crippen molar-refractivity contribution < 1.29 is 9.53 Å². The third-order valence-electron chi connectivity index (χ3n) is 2.93. The Balaban J connectivity index is 2.27. The Kier molecular flexibility index (Phi) is 6.47. The Labute approximate surface area is 103 Å². The van der Waals surface area contributed by atoms with Crippen LogP contribution in [0.3, 0.4) is 0 Å². The number of methoxy groups -OCH3 is 1. The van der Waals surface area contributed by atoms with Gasteiger partial charge < -0.3 is 21.1 Å². The van der Waals surface area contributed by atoms with E-state index in [0.29, 0.717) is 19.2 Å². The molecule has 5 heteroatoms. The number of hydrogen-bond acceptors (Lipinski definition) is 4. The summed E-state index contributed by atoms with van der Waals surface area (Å²) in [5.41, 5.74) is 5.49. The van der Waals surface area contributed by atoms with Crippen LogP contribution in [0.15, 0.2) is 0 Å². The lowest BCUT2D eigenvalue weighted by molar-refractivity contribution is -0.123. The summed E-state index contributed by atoms with van der Waals surface area (Å²) in [6.45, 7) is 3.18. The maximum Gasteiger partial charge on any atom is 0.237 e. The normalized spacial score (nSPS) is 18.8. The summed E-state index contributed by atoms with van der Waals surface area (Å²) in [6, 6.07) is 0.439. The summed E-state index contributed by atoms with van der Waals surface area (Å²) >= 11 is 0. The Bertz CT molecular complexity index is 232. The van der Waals surface area contributed by atoms with Crippen molar-refractivity contribution in [3.8, 4) is 0 Å². The topological polar surface area (TPSA) is 76.4 Å². The zero-order valence-corrected chi connectivity index (χ0v) is 10.9. The third-order valence-corrected chi connectivity index (χ3v) is 2.93. The Morgan fingerprint density at radius 1 is 1.53 bits per heavy atom. The number of carbonyl (C=O) groups excluding carboxylic acids is 1. The highest BCUT2D eigenvalue weighted by Crippen LogP contribution is 2.18. The van der Waals surface area contributed by atoms with Gasteiger partial charge >= 0.3 is 0 Å². The second-order valence-electron chi connectivity index (χ2n) is 4.75. The van der Waals surface area contributed by atoms with E-state index in [0.717, 1.165) is 25.7 Å². The number of hydrogen-bond donors (Lipinski definition) is 3. The molecule has 0 spiro atoms. The zero-order chi connectivity index (χ0) is 12.7. The Morgan fingerprint density at radius 3 is 2.76 bits per heavy atom. The quantitative estimate of drug-likeness (QED) is 0.532. The van der Waals surface area contributed by atoms with Gasteiger partial charge in [0, 0.05) is 19.2 Å². The van der Waals surface area contributed by atoms with Crippen LogP contribution in [0.4, 0.5) is 0 Å². The van der Waals surface area contributed by atoms with Crippen molar-refractivity contribution in [3.05, 3.63) is 0 Å². The van der Waals surface area contributed by atoms with Gasteiger partial charge in [-0.1, -0.05) is 0 Å². The summed E-state index contributed by atoms with van der Waals surface area (Å²) in [7, 11) is 1.67. The van der Waals surface area contributed by atoms with Gasteiger partial charge in [0.05, 0.1) is 12.6 Å². The molecule has 0 heterocycles. The summed E-state index contributed by atoms with van der Waals surface area (Å²) in [6.07, 6.45) is 4.11. The molecule has 2 atom stereocenters. The molecule has 2 unspecified atom stereocenters. The molecular weight excluding hydrogens is 218 g/mol. The van der Waals surface area contributed by atoms with Crippen molar-refractivity contribution >= 4 is 5.91 Å². The summed E-state index contributed by atoms with van der Waals surface area (Å²) in [5, 5.41) is 6.28. The predicted octanol–water partition coefficient (Wildman–Crippen LogP) is -0.00300. The van der Waals surface area contributed by atoms with Crippen molar-refractivity contribution in [2.45, 2.75) is 50.7 Å². The molecule has 1 amide bonds. The van der Waals surface area contributed by atoms with E-state index < -0.39 is 0 Å².